The lowest BCUT2D eigenvalue weighted by atomic mass is 10.1. The molecule has 1 radical (unpaired) electrons. The van der Waals surface area contributed by atoms with Crippen molar-refractivity contribution < 1.29 is 9.84 Å². The van der Waals surface area contributed by atoms with Crippen LogP contribution in [0.5, 0.6) is 5.75 Å². The minimum Gasteiger partial charge on any atom is -0.494 e. The van der Waals surface area contributed by atoms with Crippen molar-refractivity contribution in [3.8, 4) is 5.75 Å². The molecule has 0 amide bonds. The van der Waals surface area contributed by atoms with Gasteiger partial charge >= 0.3 is 0 Å². The van der Waals surface area contributed by atoms with Gasteiger partial charge in [0.25, 0.3) is 0 Å². The van der Waals surface area contributed by atoms with Crippen LogP contribution in [-0.2, 0) is 11.7 Å². The molecule has 0 N–H and O–H groups in total. The van der Waals surface area contributed by atoms with Gasteiger partial charge in [-0.25, -0.2) is 5.11 Å². The lowest BCUT2D eigenvalue weighted by Gasteiger charge is -2.06. The quantitative estimate of drug-likeness (QED) is 0.331. The average molecular weight is 320 g/mol. The molecule has 0 aliphatic carbocycles. The molecule has 1 aromatic carbocycles. The summed E-state index contributed by atoms with van der Waals surface area (Å²) in [4.78, 5) is 0. The van der Waals surface area contributed by atoms with Crippen molar-refractivity contribution in [3.05, 3.63) is 29.8 Å². The van der Waals surface area contributed by atoms with Gasteiger partial charge in [0.1, 0.15) is 12.4 Å². The molecule has 0 saturated carbocycles. The fraction of sp³-hybridized carbons (Fsp3) is 0.714. The Hall–Kier alpha value is -1.02. The van der Waals surface area contributed by atoms with Crippen molar-refractivity contribution in [2.75, 3.05) is 6.61 Å². The van der Waals surface area contributed by atoms with Gasteiger partial charge in [-0.2, -0.15) is 0 Å². The fourth-order valence-corrected chi connectivity index (χ4v) is 2.81. The molecule has 1 aromatic rings. The Bertz CT molecular complexity index is 359. The highest BCUT2D eigenvalue weighted by Crippen LogP contribution is 2.14. The highest BCUT2D eigenvalue weighted by atomic mass is 16.5. The van der Waals surface area contributed by atoms with Crippen LogP contribution in [0.15, 0.2) is 24.3 Å². The number of hydrogen-bond acceptors (Lipinski definition) is 1. The monoisotopic (exact) mass is 319 g/mol. The second kappa shape index (κ2) is 14.6. The smallest absolute Gasteiger partial charge is 0.119 e. The van der Waals surface area contributed by atoms with Gasteiger partial charge in [0.2, 0.25) is 0 Å². The van der Waals surface area contributed by atoms with E-state index in [-0.39, 0.29) is 6.61 Å². The SMILES string of the molecule is CCCCCCCCCCCCCCOc1ccc(C[O])cc1. The van der Waals surface area contributed by atoms with Crippen LogP contribution in [0.3, 0.4) is 0 Å². The predicted octanol–water partition coefficient (Wildman–Crippen LogP) is 6.70. The van der Waals surface area contributed by atoms with E-state index in [2.05, 4.69) is 6.92 Å². The van der Waals surface area contributed by atoms with Crippen molar-refractivity contribution in [3.63, 3.8) is 0 Å². The van der Waals surface area contributed by atoms with E-state index >= 15 is 0 Å². The van der Waals surface area contributed by atoms with Gasteiger partial charge in [-0.05, 0) is 24.1 Å². The first-order valence-electron chi connectivity index (χ1n) is 9.66. The summed E-state index contributed by atoms with van der Waals surface area (Å²) in [5.74, 6) is 0.880. The third-order valence-corrected chi connectivity index (χ3v) is 4.36. The van der Waals surface area contributed by atoms with Crippen LogP contribution < -0.4 is 4.74 Å². The number of rotatable bonds is 15. The van der Waals surface area contributed by atoms with Gasteiger partial charge in [0.05, 0.1) is 6.61 Å². The van der Waals surface area contributed by atoms with Crippen molar-refractivity contribution in [2.45, 2.75) is 90.6 Å². The van der Waals surface area contributed by atoms with E-state index in [1.807, 2.05) is 24.3 Å². The zero-order valence-electron chi connectivity index (χ0n) is 15.0. The summed E-state index contributed by atoms with van der Waals surface area (Å²) in [6, 6.07) is 7.50. The lowest BCUT2D eigenvalue weighted by Crippen LogP contribution is -1.97. The van der Waals surface area contributed by atoms with Gasteiger partial charge in [-0.15, -0.1) is 0 Å². The van der Waals surface area contributed by atoms with Gasteiger partial charge in [0, 0.05) is 0 Å². The molecule has 0 aliphatic rings. The molecule has 2 heteroatoms. The van der Waals surface area contributed by atoms with Crippen LogP contribution in [-0.4, -0.2) is 6.61 Å². The van der Waals surface area contributed by atoms with Crippen molar-refractivity contribution >= 4 is 0 Å². The molecule has 0 fully saturated rings. The second-order valence-corrected chi connectivity index (χ2v) is 6.53. The zero-order valence-corrected chi connectivity index (χ0v) is 15.0. The highest BCUT2D eigenvalue weighted by Gasteiger charge is 1.96. The first-order valence-corrected chi connectivity index (χ1v) is 9.66. The highest BCUT2D eigenvalue weighted by molar-refractivity contribution is 5.26. The molecule has 0 bridgehead atoms. The number of hydrogen-bond donors (Lipinski definition) is 0. The molecule has 0 aliphatic heterocycles. The Morgan fingerprint density at radius 2 is 1.17 bits per heavy atom. The van der Waals surface area contributed by atoms with Crippen LogP contribution in [0, 0.1) is 0 Å². The lowest BCUT2D eigenvalue weighted by molar-refractivity contribution is 0.177. The Morgan fingerprint density at radius 1 is 0.696 bits per heavy atom. The molecule has 1 rings (SSSR count). The van der Waals surface area contributed by atoms with E-state index in [1.54, 1.807) is 0 Å². The Balaban J connectivity index is 1.82. The molecular weight excluding hydrogens is 284 g/mol. The maximum Gasteiger partial charge on any atom is 0.119 e. The van der Waals surface area contributed by atoms with Crippen LogP contribution in [0.1, 0.15) is 89.5 Å². The molecule has 0 saturated heterocycles. The summed E-state index contributed by atoms with van der Waals surface area (Å²) in [6.07, 6.45) is 16.3. The predicted molar refractivity (Wildman–Crippen MR) is 97.4 cm³/mol. The number of ether oxygens (including phenoxy) is 1. The van der Waals surface area contributed by atoms with Crippen LogP contribution in [0.25, 0.3) is 0 Å². The summed E-state index contributed by atoms with van der Waals surface area (Å²) in [5, 5.41) is 10.7. The van der Waals surface area contributed by atoms with Crippen molar-refractivity contribution in [1.29, 1.82) is 0 Å². The summed E-state index contributed by atoms with van der Waals surface area (Å²) < 4.78 is 5.70. The van der Waals surface area contributed by atoms with Crippen molar-refractivity contribution in [1.82, 2.24) is 0 Å². The van der Waals surface area contributed by atoms with E-state index in [9.17, 15) is 5.11 Å². The van der Waals surface area contributed by atoms with Crippen LogP contribution in [0.4, 0.5) is 0 Å². The fourth-order valence-electron chi connectivity index (χ4n) is 2.81. The summed E-state index contributed by atoms with van der Waals surface area (Å²) >= 11 is 0. The first kappa shape index (κ1) is 20.0. The Kier molecular flexibility index (Phi) is 12.7. The number of unbranched alkanes of at least 4 members (excludes halogenated alkanes) is 11. The van der Waals surface area contributed by atoms with E-state index < -0.39 is 0 Å². The molecule has 23 heavy (non-hydrogen) atoms. The summed E-state index contributed by atoms with van der Waals surface area (Å²) in [5.41, 5.74) is 0.822. The van der Waals surface area contributed by atoms with E-state index in [0.29, 0.717) is 0 Å². The Morgan fingerprint density at radius 3 is 1.65 bits per heavy atom. The van der Waals surface area contributed by atoms with Gasteiger partial charge in [-0.1, -0.05) is 89.7 Å². The van der Waals surface area contributed by atoms with E-state index in [1.165, 1.54) is 70.6 Å². The molecule has 0 spiro atoms. The van der Waals surface area contributed by atoms with Crippen LogP contribution in [0.2, 0.25) is 0 Å². The van der Waals surface area contributed by atoms with Crippen molar-refractivity contribution in [2.24, 2.45) is 0 Å². The van der Waals surface area contributed by atoms with E-state index in [4.69, 9.17) is 4.74 Å². The normalized spacial score (nSPS) is 10.9. The Labute approximate surface area is 143 Å². The minimum atomic E-state index is -0.154. The molecule has 131 valence electrons. The molecule has 0 atom stereocenters. The average Bonchev–Trinajstić information content (AvgIpc) is 2.59. The maximum absolute atomic E-state index is 10.7. The molecular formula is C21H35O2. The number of benzene rings is 1. The van der Waals surface area contributed by atoms with Crippen LogP contribution >= 0.6 is 0 Å². The summed E-state index contributed by atoms with van der Waals surface area (Å²) in [6.45, 7) is 2.91. The van der Waals surface area contributed by atoms with Gasteiger partial charge in [-0.3, -0.25) is 0 Å². The third kappa shape index (κ3) is 11.2. The minimum absolute atomic E-state index is 0.154. The second-order valence-electron chi connectivity index (χ2n) is 6.53. The maximum atomic E-state index is 10.7. The largest absolute Gasteiger partial charge is 0.494 e. The third-order valence-electron chi connectivity index (χ3n) is 4.36. The first-order chi connectivity index (χ1) is 11.4. The summed E-state index contributed by atoms with van der Waals surface area (Å²) in [7, 11) is 0. The molecule has 0 heterocycles. The molecule has 0 aromatic heterocycles. The van der Waals surface area contributed by atoms with E-state index in [0.717, 1.165) is 24.3 Å². The molecule has 2 nitrogen and oxygen atoms in total. The molecule has 0 unspecified atom stereocenters. The van der Waals surface area contributed by atoms with Gasteiger partial charge in [0.15, 0.2) is 0 Å². The van der Waals surface area contributed by atoms with Gasteiger partial charge < -0.3 is 4.74 Å². The standard InChI is InChI=1S/C21H35O2/c1-2-3-4-5-6-7-8-9-10-11-12-13-18-23-21-16-14-20(19-22)15-17-21/h14-17H,2-13,18-19H2,1H3. The topological polar surface area (TPSA) is 29.1 Å². The zero-order chi connectivity index (χ0) is 16.6.